The molecule has 0 saturated carbocycles. The first-order valence-corrected chi connectivity index (χ1v) is 5.91. The molecule has 1 rings (SSSR count). The molecule has 0 atom stereocenters. The van der Waals surface area contributed by atoms with Crippen LogP contribution in [0.25, 0.3) is 0 Å². The number of unbranched alkanes of at least 4 members (excludes halogenated alkanes) is 1. The lowest BCUT2D eigenvalue weighted by Gasteiger charge is -2.06. The van der Waals surface area contributed by atoms with E-state index in [1.165, 1.54) is 0 Å². The zero-order valence-corrected chi connectivity index (χ0v) is 11.2. The summed E-state index contributed by atoms with van der Waals surface area (Å²) >= 11 is 0. The van der Waals surface area contributed by atoms with Crippen LogP contribution in [0.2, 0.25) is 0 Å². The first-order chi connectivity index (χ1) is 8.33. The molecule has 18 heavy (non-hydrogen) atoms. The van der Waals surface area contributed by atoms with Crippen LogP contribution in [0.4, 0.5) is 0 Å². The molecule has 1 amide bonds. The number of ether oxygens (including phenoxy) is 1. The summed E-state index contributed by atoms with van der Waals surface area (Å²) in [5, 5.41) is 2.78. The van der Waals surface area contributed by atoms with Crippen molar-refractivity contribution in [3.63, 3.8) is 0 Å². The van der Waals surface area contributed by atoms with Crippen molar-refractivity contribution < 1.29 is 9.53 Å². The second-order valence-electron chi connectivity index (χ2n) is 3.82. The fourth-order valence-corrected chi connectivity index (χ4v) is 1.38. The number of halogens is 1. The molecule has 4 nitrogen and oxygen atoms in total. The van der Waals surface area contributed by atoms with E-state index in [-0.39, 0.29) is 24.9 Å². The van der Waals surface area contributed by atoms with Crippen molar-refractivity contribution in [1.29, 1.82) is 0 Å². The summed E-state index contributed by atoms with van der Waals surface area (Å²) in [6.07, 6.45) is 1.85. The van der Waals surface area contributed by atoms with Gasteiger partial charge in [0, 0.05) is 6.54 Å². The summed E-state index contributed by atoms with van der Waals surface area (Å²) in [5.74, 6) is -0.0713. The highest BCUT2D eigenvalue weighted by Crippen LogP contribution is 1.99. The van der Waals surface area contributed by atoms with Crippen molar-refractivity contribution in [1.82, 2.24) is 5.32 Å². The third kappa shape index (κ3) is 8.06. The maximum atomic E-state index is 11.3. The highest BCUT2D eigenvalue weighted by atomic mass is 35.5. The van der Waals surface area contributed by atoms with Crippen molar-refractivity contribution in [2.75, 3.05) is 19.7 Å². The third-order valence-corrected chi connectivity index (χ3v) is 2.30. The molecule has 0 radical (unpaired) electrons. The second-order valence-corrected chi connectivity index (χ2v) is 3.82. The molecule has 0 saturated heterocycles. The Morgan fingerprint density at radius 3 is 2.61 bits per heavy atom. The first-order valence-electron chi connectivity index (χ1n) is 5.91. The van der Waals surface area contributed by atoms with Gasteiger partial charge in [0.2, 0.25) is 5.91 Å². The van der Waals surface area contributed by atoms with Crippen molar-refractivity contribution in [2.45, 2.75) is 19.4 Å². The van der Waals surface area contributed by atoms with Gasteiger partial charge in [-0.05, 0) is 24.9 Å². The van der Waals surface area contributed by atoms with Crippen LogP contribution in [0.1, 0.15) is 18.4 Å². The Balaban J connectivity index is 0.00000289. The zero-order chi connectivity index (χ0) is 12.3. The van der Waals surface area contributed by atoms with E-state index in [0.717, 1.165) is 18.4 Å². The number of hydrogen-bond donors (Lipinski definition) is 2. The van der Waals surface area contributed by atoms with Crippen LogP contribution >= 0.6 is 12.4 Å². The molecule has 0 fully saturated rings. The van der Waals surface area contributed by atoms with Crippen LogP contribution in [0.3, 0.4) is 0 Å². The molecule has 0 aliphatic heterocycles. The van der Waals surface area contributed by atoms with E-state index in [4.69, 9.17) is 10.5 Å². The van der Waals surface area contributed by atoms with Gasteiger partial charge in [0.05, 0.1) is 6.61 Å². The van der Waals surface area contributed by atoms with Crippen LogP contribution in [-0.2, 0) is 16.1 Å². The van der Waals surface area contributed by atoms with E-state index in [0.29, 0.717) is 19.7 Å². The van der Waals surface area contributed by atoms with Crippen molar-refractivity contribution in [3.05, 3.63) is 35.9 Å². The van der Waals surface area contributed by atoms with Gasteiger partial charge < -0.3 is 15.8 Å². The van der Waals surface area contributed by atoms with E-state index >= 15 is 0 Å². The Labute approximate surface area is 114 Å². The standard InChI is InChI=1S/C13H20N2O2.ClH/c14-8-4-5-9-15-13(16)11-17-10-12-6-2-1-3-7-12;/h1-3,6-7H,4-5,8-11,14H2,(H,15,16);1H. The van der Waals surface area contributed by atoms with E-state index < -0.39 is 0 Å². The highest BCUT2D eigenvalue weighted by molar-refractivity contribution is 5.85. The first kappa shape index (κ1) is 16.9. The average Bonchev–Trinajstić information content (AvgIpc) is 2.36. The largest absolute Gasteiger partial charge is 0.367 e. The summed E-state index contributed by atoms with van der Waals surface area (Å²) in [4.78, 5) is 11.3. The number of benzene rings is 1. The predicted molar refractivity (Wildman–Crippen MR) is 74.6 cm³/mol. The maximum Gasteiger partial charge on any atom is 0.246 e. The zero-order valence-electron chi connectivity index (χ0n) is 10.4. The molecule has 0 unspecified atom stereocenters. The Bertz CT molecular complexity index is 320. The Hall–Kier alpha value is -1.10. The topological polar surface area (TPSA) is 64.3 Å². The molecule has 0 heterocycles. The van der Waals surface area contributed by atoms with Crippen LogP contribution in [0.5, 0.6) is 0 Å². The fraction of sp³-hybridized carbons (Fsp3) is 0.462. The van der Waals surface area contributed by atoms with Gasteiger partial charge in [-0.15, -0.1) is 12.4 Å². The number of nitrogens with one attached hydrogen (secondary N) is 1. The number of hydrogen-bond acceptors (Lipinski definition) is 3. The molecule has 3 N–H and O–H groups in total. The molecule has 102 valence electrons. The predicted octanol–water partition coefficient (Wildman–Crippen LogP) is 1.48. The highest BCUT2D eigenvalue weighted by Gasteiger charge is 2.00. The van der Waals surface area contributed by atoms with Crippen molar-refractivity contribution >= 4 is 18.3 Å². The third-order valence-electron chi connectivity index (χ3n) is 2.30. The summed E-state index contributed by atoms with van der Waals surface area (Å²) in [6.45, 7) is 1.92. The van der Waals surface area contributed by atoms with Gasteiger partial charge in [0.25, 0.3) is 0 Å². The average molecular weight is 273 g/mol. The van der Waals surface area contributed by atoms with E-state index in [1.807, 2.05) is 30.3 Å². The molecule has 0 aliphatic rings. The van der Waals surface area contributed by atoms with Gasteiger partial charge in [0.1, 0.15) is 6.61 Å². The number of carbonyl (C=O) groups is 1. The molecule has 0 aromatic heterocycles. The molecule has 1 aromatic rings. The number of nitrogens with two attached hydrogens (primary N) is 1. The molecule has 0 aliphatic carbocycles. The SMILES string of the molecule is Cl.NCCCCNC(=O)COCc1ccccc1. The smallest absolute Gasteiger partial charge is 0.246 e. The van der Waals surface area contributed by atoms with Crippen LogP contribution < -0.4 is 11.1 Å². The molecular formula is C13H21ClN2O2. The van der Waals surface area contributed by atoms with E-state index in [9.17, 15) is 4.79 Å². The van der Waals surface area contributed by atoms with Crippen molar-refractivity contribution in [3.8, 4) is 0 Å². The lowest BCUT2D eigenvalue weighted by molar-refractivity contribution is -0.126. The van der Waals surface area contributed by atoms with Gasteiger partial charge in [-0.2, -0.15) is 0 Å². The van der Waals surface area contributed by atoms with E-state index in [2.05, 4.69) is 5.32 Å². The van der Waals surface area contributed by atoms with Crippen LogP contribution in [0, 0.1) is 0 Å². The second kappa shape index (κ2) is 11.0. The Kier molecular flexibility index (Phi) is 10.3. The molecule has 1 aromatic carbocycles. The van der Waals surface area contributed by atoms with Crippen molar-refractivity contribution in [2.24, 2.45) is 5.73 Å². The summed E-state index contributed by atoms with van der Waals surface area (Å²) in [6, 6.07) is 9.79. The molecular weight excluding hydrogens is 252 g/mol. The van der Waals surface area contributed by atoms with Gasteiger partial charge in [0.15, 0.2) is 0 Å². The fourth-order valence-electron chi connectivity index (χ4n) is 1.38. The monoisotopic (exact) mass is 272 g/mol. The van der Waals surface area contributed by atoms with Gasteiger partial charge in [-0.3, -0.25) is 4.79 Å². The molecule has 0 spiro atoms. The number of carbonyl (C=O) groups excluding carboxylic acids is 1. The minimum Gasteiger partial charge on any atom is -0.367 e. The van der Waals surface area contributed by atoms with Gasteiger partial charge in [-0.25, -0.2) is 0 Å². The van der Waals surface area contributed by atoms with Crippen LogP contribution in [0.15, 0.2) is 30.3 Å². The number of rotatable bonds is 8. The summed E-state index contributed by atoms with van der Waals surface area (Å²) in [7, 11) is 0. The normalized spacial score (nSPS) is 9.61. The Morgan fingerprint density at radius 2 is 1.94 bits per heavy atom. The van der Waals surface area contributed by atoms with Gasteiger partial charge >= 0.3 is 0 Å². The lowest BCUT2D eigenvalue weighted by atomic mass is 10.2. The number of amides is 1. The van der Waals surface area contributed by atoms with E-state index in [1.54, 1.807) is 0 Å². The Morgan fingerprint density at radius 1 is 1.22 bits per heavy atom. The summed E-state index contributed by atoms with van der Waals surface area (Å²) < 4.78 is 5.30. The maximum absolute atomic E-state index is 11.3. The minimum absolute atomic E-state index is 0. The lowest BCUT2D eigenvalue weighted by Crippen LogP contribution is -2.28. The molecule has 0 bridgehead atoms. The van der Waals surface area contributed by atoms with Gasteiger partial charge in [-0.1, -0.05) is 30.3 Å². The summed E-state index contributed by atoms with van der Waals surface area (Å²) in [5.41, 5.74) is 6.43. The quantitative estimate of drug-likeness (QED) is 0.705. The molecule has 5 heteroatoms. The van der Waals surface area contributed by atoms with Crippen LogP contribution in [-0.4, -0.2) is 25.6 Å². The minimum atomic E-state index is -0.0713.